The Labute approximate surface area is 258 Å². The first-order chi connectivity index (χ1) is 21.8. The summed E-state index contributed by atoms with van der Waals surface area (Å²) in [5, 5.41) is 2.30. The first-order valence-corrected chi connectivity index (χ1v) is 15.7. The van der Waals surface area contributed by atoms with E-state index in [0.29, 0.717) is 0 Å². The van der Waals surface area contributed by atoms with Gasteiger partial charge in [-0.25, -0.2) is 0 Å². The fourth-order valence-corrected chi connectivity index (χ4v) is 8.54. The molecule has 0 N–H and O–H groups in total. The average Bonchev–Trinajstić information content (AvgIpc) is 3.79. The number of rotatable bonds is 2. The summed E-state index contributed by atoms with van der Waals surface area (Å²) in [5.41, 5.74) is 11.3. The molecule has 0 amide bonds. The van der Waals surface area contributed by atoms with Crippen LogP contribution in [0.15, 0.2) is 150 Å². The molecule has 10 rings (SSSR count). The molecule has 2 aliphatic rings. The molecule has 0 unspecified atom stereocenters. The lowest BCUT2D eigenvalue weighted by Crippen LogP contribution is -2.32. The number of fused-ring (bicyclic) bond motifs is 12. The van der Waals surface area contributed by atoms with Gasteiger partial charge >= 0.3 is 0 Å². The standard InChI is InChI=1S/C41H24O2S/c1-4-12-31-27(9-1)28-10-2-5-13-32(28)41(31)33-14-6-8-16-36(33)43-38-24-26(18-20-34(38)41)40-22-21-39(44-40)25-17-19-30-29-11-3-7-15-35(29)42-37(30)23-25/h1-24H. The van der Waals surface area contributed by atoms with E-state index in [0.717, 1.165) is 44.6 Å². The first kappa shape index (κ1) is 24.1. The summed E-state index contributed by atoms with van der Waals surface area (Å²) in [7, 11) is 0. The van der Waals surface area contributed by atoms with Crippen LogP contribution in [0, 0.1) is 0 Å². The molecule has 0 saturated heterocycles. The summed E-state index contributed by atoms with van der Waals surface area (Å²) < 4.78 is 12.9. The molecule has 2 nitrogen and oxygen atoms in total. The minimum Gasteiger partial charge on any atom is -0.457 e. The molecule has 0 bridgehead atoms. The zero-order valence-corrected chi connectivity index (χ0v) is 24.4. The third-order valence-electron chi connectivity index (χ3n) is 9.40. The molecule has 0 atom stereocenters. The lowest BCUT2D eigenvalue weighted by molar-refractivity contribution is 0.436. The van der Waals surface area contributed by atoms with E-state index in [-0.39, 0.29) is 0 Å². The molecule has 1 aliphatic heterocycles. The van der Waals surface area contributed by atoms with Crippen molar-refractivity contribution in [3.05, 3.63) is 168 Å². The van der Waals surface area contributed by atoms with Gasteiger partial charge in [0.15, 0.2) is 0 Å². The smallest absolute Gasteiger partial charge is 0.136 e. The number of hydrogen-bond acceptors (Lipinski definition) is 3. The number of furan rings is 1. The van der Waals surface area contributed by atoms with Crippen LogP contribution in [-0.2, 0) is 5.41 Å². The van der Waals surface area contributed by atoms with Crippen molar-refractivity contribution in [1.82, 2.24) is 0 Å². The summed E-state index contributed by atoms with van der Waals surface area (Å²) in [6.45, 7) is 0. The molecule has 206 valence electrons. The van der Waals surface area contributed by atoms with Crippen LogP contribution in [0.5, 0.6) is 11.5 Å². The van der Waals surface area contributed by atoms with Gasteiger partial charge in [0.25, 0.3) is 0 Å². The van der Waals surface area contributed by atoms with E-state index in [1.54, 1.807) is 11.3 Å². The first-order valence-electron chi connectivity index (χ1n) is 14.9. The van der Waals surface area contributed by atoms with Crippen LogP contribution < -0.4 is 4.74 Å². The lowest BCUT2D eigenvalue weighted by Gasteiger charge is -2.39. The molecule has 0 radical (unpaired) electrons. The van der Waals surface area contributed by atoms with Crippen LogP contribution >= 0.6 is 11.3 Å². The monoisotopic (exact) mass is 580 g/mol. The van der Waals surface area contributed by atoms with E-state index in [1.165, 1.54) is 43.1 Å². The van der Waals surface area contributed by atoms with Crippen molar-refractivity contribution in [2.45, 2.75) is 5.41 Å². The number of para-hydroxylation sites is 2. The topological polar surface area (TPSA) is 22.4 Å². The van der Waals surface area contributed by atoms with Crippen LogP contribution in [-0.4, -0.2) is 0 Å². The van der Waals surface area contributed by atoms with Crippen molar-refractivity contribution in [2.24, 2.45) is 0 Å². The van der Waals surface area contributed by atoms with Gasteiger partial charge in [0, 0.05) is 31.7 Å². The minimum atomic E-state index is -0.432. The summed E-state index contributed by atoms with van der Waals surface area (Å²) >= 11 is 1.79. The predicted molar refractivity (Wildman–Crippen MR) is 180 cm³/mol. The van der Waals surface area contributed by atoms with E-state index < -0.39 is 5.41 Å². The maximum Gasteiger partial charge on any atom is 0.136 e. The third-order valence-corrected chi connectivity index (χ3v) is 10.6. The van der Waals surface area contributed by atoms with Gasteiger partial charge in [-0.15, -0.1) is 11.3 Å². The largest absolute Gasteiger partial charge is 0.457 e. The van der Waals surface area contributed by atoms with Crippen LogP contribution in [0.4, 0.5) is 0 Å². The molecular weight excluding hydrogens is 557 g/mol. The Morgan fingerprint density at radius 3 is 1.82 bits per heavy atom. The van der Waals surface area contributed by atoms with E-state index in [9.17, 15) is 0 Å². The molecule has 0 fully saturated rings. The highest BCUT2D eigenvalue weighted by Crippen LogP contribution is 2.62. The second-order valence-electron chi connectivity index (χ2n) is 11.6. The Kier molecular flexibility index (Phi) is 4.83. The Hall–Kier alpha value is -5.38. The van der Waals surface area contributed by atoms with Gasteiger partial charge in [0.2, 0.25) is 0 Å². The molecule has 44 heavy (non-hydrogen) atoms. The minimum absolute atomic E-state index is 0.432. The fraction of sp³-hybridized carbons (Fsp3) is 0.0244. The van der Waals surface area contributed by atoms with Crippen molar-refractivity contribution in [1.29, 1.82) is 0 Å². The van der Waals surface area contributed by atoms with E-state index in [1.807, 2.05) is 12.1 Å². The average molecular weight is 581 g/mol. The highest BCUT2D eigenvalue weighted by atomic mass is 32.1. The molecule has 8 aromatic rings. The van der Waals surface area contributed by atoms with Gasteiger partial charge in [-0.05, 0) is 75.8 Å². The summed E-state index contributed by atoms with van der Waals surface area (Å²) in [5.74, 6) is 1.82. The van der Waals surface area contributed by atoms with Crippen LogP contribution in [0.1, 0.15) is 22.3 Å². The molecular formula is C41H24O2S. The molecule has 2 aromatic heterocycles. The van der Waals surface area contributed by atoms with Crippen molar-refractivity contribution in [2.75, 3.05) is 0 Å². The van der Waals surface area contributed by atoms with Crippen molar-refractivity contribution >= 4 is 33.3 Å². The molecule has 6 aromatic carbocycles. The van der Waals surface area contributed by atoms with Gasteiger partial charge in [0.05, 0.1) is 5.41 Å². The maximum absolute atomic E-state index is 6.72. The van der Waals surface area contributed by atoms with Gasteiger partial charge in [-0.1, -0.05) is 103 Å². The maximum atomic E-state index is 6.72. The Bertz CT molecular complexity index is 2400. The molecule has 1 aliphatic carbocycles. The van der Waals surface area contributed by atoms with Crippen LogP contribution in [0.3, 0.4) is 0 Å². The van der Waals surface area contributed by atoms with Crippen molar-refractivity contribution in [3.63, 3.8) is 0 Å². The quantitative estimate of drug-likeness (QED) is 0.203. The number of benzene rings is 6. The van der Waals surface area contributed by atoms with Crippen LogP contribution in [0.25, 0.3) is 53.9 Å². The molecule has 1 spiro atoms. The Balaban J connectivity index is 1.12. The fourth-order valence-electron chi connectivity index (χ4n) is 7.54. The Morgan fingerprint density at radius 2 is 1.02 bits per heavy atom. The highest BCUT2D eigenvalue weighted by Gasteiger charge is 2.50. The number of ether oxygens (including phenoxy) is 1. The molecule has 3 heterocycles. The van der Waals surface area contributed by atoms with Gasteiger partial charge in [0.1, 0.15) is 22.7 Å². The normalized spacial score (nSPS) is 13.8. The number of thiophene rings is 1. The highest BCUT2D eigenvalue weighted by molar-refractivity contribution is 7.18. The zero-order valence-electron chi connectivity index (χ0n) is 23.6. The zero-order chi connectivity index (χ0) is 28.8. The Morgan fingerprint density at radius 1 is 0.432 bits per heavy atom. The molecule has 3 heteroatoms. The summed E-state index contributed by atoms with van der Waals surface area (Å²) in [4.78, 5) is 2.41. The summed E-state index contributed by atoms with van der Waals surface area (Å²) in [6.07, 6.45) is 0. The van der Waals surface area contributed by atoms with Gasteiger partial charge in [-0.2, -0.15) is 0 Å². The van der Waals surface area contributed by atoms with Gasteiger partial charge < -0.3 is 9.15 Å². The van der Waals surface area contributed by atoms with Gasteiger partial charge in [-0.3, -0.25) is 0 Å². The number of hydrogen-bond donors (Lipinski definition) is 0. The van der Waals surface area contributed by atoms with E-state index >= 15 is 0 Å². The van der Waals surface area contributed by atoms with Crippen molar-refractivity contribution in [3.8, 4) is 43.5 Å². The second kappa shape index (κ2) is 8.82. The second-order valence-corrected chi connectivity index (χ2v) is 12.7. The van der Waals surface area contributed by atoms with E-state index in [2.05, 4.69) is 133 Å². The predicted octanol–water partition coefficient (Wildman–Crippen LogP) is 11.5. The summed E-state index contributed by atoms with van der Waals surface area (Å²) in [6, 6.07) is 52.2. The SMILES string of the molecule is c1ccc2c(c1)Oc1cc(-c3ccc(-c4ccc5c(c4)oc4ccccc45)s3)ccc1C21c2ccccc2-c2ccccc21. The lowest BCUT2D eigenvalue weighted by atomic mass is 9.66. The van der Waals surface area contributed by atoms with Crippen LogP contribution in [0.2, 0.25) is 0 Å². The van der Waals surface area contributed by atoms with E-state index in [4.69, 9.17) is 9.15 Å². The molecule has 0 saturated carbocycles. The third kappa shape index (κ3) is 3.14. The van der Waals surface area contributed by atoms with Crippen molar-refractivity contribution < 1.29 is 9.15 Å².